The minimum absolute atomic E-state index is 0.447. The Morgan fingerprint density at radius 2 is 1.74 bits per heavy atom. The maximum atomic E-state index is 6.10. The summed E-state index contributed by atoms with van der Waals surface area (Å²) in [6.45, 7) is 0.715. The van der Waals surface area contributed by atoms with Crippen LogP contribution in [0.1, 0.15) is 5.56 Å². The molecule has 0 aliphatic rings. The molecule has 1 aromatic heterocycles. The van der Waals surface area contributed by atoms with Crippen LogP contribution in [0.2, 0.25) is 5.02 Å². The summed E-state index contributed by atoms with van der Waals surface area (Å²) in [6.07, 6.45) is 1.91. The molecule has 6 heteroatoms. The van der Waals surface area contributed by atoms with Crippen LogP contribution >= 0.6 is 23.8 Å². The van der Waals surface area contributed by atoms with E-state index < -0.39 is 0 Å². The molecule has 1 heterocycles. The van der Waals surface area contributed by atoms with Crippen LogP contribution in [0.15, 0.2) is 66.9 Å². The molecule has 0 unspecified atom stereocenters. The molecule has 4 nitrogen and oxygen atoms in total. The zero-order valence-electron chi connectivity index (χ0n) is 12.2. The molecular formula is C17H15ClN4S. The second kappa shape index (κ2) is 7.26. The first-order valence-electron chi connectivity index (χ1n) is 7.10. The number of hydrogen-bond acceptors (Lipinski definition) is 2. The number of para-hydroxylation sites is 1. The highest BCUT2D eigenvalue weighted by Crippen LogP contribution is 2.20. The molecule has 3 rings (SSSR count). The van der Waals surface area contributed by atoms with E-state index in [1.807, 2.05) is 53.3 Å². The highest BCUT2D eigenvalue weighted by molar-refractivity contribution is 7.80. The summed E-state index contributed by atoms with van der Waals surface area (Å²) in [5.41, 5.74) is 1.95. The topological polar surface area (TPSA) is 41.9 Å². The summed E-state index contributed by atoms with van der Waals surface area (Å²) in [4.78, 5) is 0. The fraction of sp³-hybridized carbons (Fsp3) is 0.0588. The zero-order chi connectivity index (χ0) is 16.1. The SMILES string of the molecule is S=C(Nc1ccn(Cc2ccccc2)n1)Nc1ccccc1Cl. The first-order valence-corrected chi connectivity index (χ1v) is 7.89. The van der Waals surface area contributed by atoms with Crippen LogP contribution in [-0.4, -0.2) is 14.9 Å². The molecule has 0 radical (unpaired) electrons. The number of anilines is 2. The van der Waals surface area contributed by atoms with Crippen molar-refractivity contribution in [1.82, 2.24) is 9.78 Å². The summed E-state index contributed by atoms with van der Waals surface area (Å²) in [7, 11) is 0. The van der Waals surface area contributed by atoms with Gasteiger partial charge in [0.15, 0.2) is 10.9 Å². The Hall–Kier alpha value is -2.37. The van der Waals surface area contributed by atoms with Gasteiger partial charge in [0.1, 0.15) is 0 Å². The van der Waals surface area contributed by atoms with Crippen molar-refractivity contribution in [3.63, 3.8) is 0 Å². The van der Waals surface area contributed by atoms with Crippen molar-refractivity contribution < 1.29 is 0 Å². The van der Waals surface area contributed by atoms with Crippen LogP contribution in [0, 0.1) is 0 Å². The monoisotopic (exact) mass is 342 g/mol. The number of rotatable bonds is 4. The fourth-order valence-corrected chi connectivity index (χ4v) is 2.52. The van der Waals surface area contributed by atoms with E-state index in [1.54, 1.807) is 6.07 Å². The molecular weight excluding hydrogens is 328 g/mol. The average Bonchev–Trinajstić information content (AvgIpc) is 2.97. The number of halogens is 1. The first-order chi connectivity index (χ1) is 11.2. The second-order valence-electron chi connectivity index (χ2n) is 4.94. The van der Waals surface area contributed by atoms with Crippen molar-refractivity contribution in [2.45, 2.75) is 6.54 Å². The number of hydrogen-bond donors (Lipinski definition) is 2. The van der Waals surface area contributed by atoms with E-state index in [-0.39, 0.29) is 0 Å². The van der Waals surface area contributed by atoms with Gasteiger partial charge in [-0.3, -0.25) is 4.68 Å². The van der Waals surface area contributed by atoms with Gasteiger partial charge in [0.25, 0.3) is 0 Å². The average molecular weight is 343 g/mol. The van der Waals surface area contributed by atoms with E-state index in [9.17, 15) is 0 Å². The molecule has 23 heavy (non-hydrogen) atoms. The van der Waals surface area contributed by atoms with Crippen molar-refractivity contribution in [3.05, 3.63) is 77.4 Å². The fourth-order valence-electron chi connectivity index (χ4n) is 2.12. The Bertz CT molecular complexity index is 801. The minimum atomic E-state index is 0.447. The normalized spacial score (nSPS) is 10.3. The van der Waals surface area contributed by atoms with Crippen molar-refractivity contribution in [2.24, 2.45) is 0 Å². The van der Waals surface area contributed by atoms with Crippen LogP contribution in [0.5, 0.6) is 0 Å². The highest BCUT2D eigenvalue weighted by Gasteiger charge is 2.05. The number of thiocarbonyl (C=S) groups is 1. The van der Waals surface area contributed by atoms with Crippen LogP contribution in [-0.2, 0) is 6.54 Å². The summed E-state index contributed by atoms with van der Waals surface area (Å²) in [5.74, 6) is 0.686. The second-order valence-corrected chi connectivity index (χ2v) is 5.76. The van der Waals surface area contributed by atoms with E-state index in [2.05, 4.69) is 27.9 Å². The molecule has 0 saturated carbocycles. The molecule has 0 saturated heterocycles. The molecule has 0 spiro atoms. The van der Waals surface area contributed by atoms with Crippen LogP contribution in [0.25, 0.3) is 0 Å². The maximum absolute atomic E-state index is 6.10. The third kappa shape index (κ3) is 4.31. The first kappa shape index (κ1) is 15.5. The number of nitrogens with one attached hydrogen (secondary N) is 2. The molecule has 0 bridgehead atoms. The molecule has 2 aromatic carbocycles. The van der Waals surface area contributed by atoms with Crippen molar-refractivity contribution in [3.8, 4) is 0 Å². The third-order valence-corrected chi connectivity index (χ3v) is 3.73. The van der Waals surface area contributed by atoms with Gasteiger partial charge in [0.05, 0.1) is 17.3 Å². The lowest BCUT2D eigenvalue weighted by Crippen LogP contribution is -2.19. The largest absolute Gasteiger partial charge is 0.331 e. The van der Waals surface area contributed by atoms with Gasteiger partial charge in [0.2, 0.25) is 0 Å². The van der Waals surface area contributed by atoms with Crippen LogP contribution < -0.4 is 10.6 Å². The summed E-state index contributed by atoms with van der Waals surface area (Å²) >= 11 is 11.4. The Labute approximate surface area is 145 Å². The predicted molar refractivity (Wildman–Crippen MR) is 99.1 cm³/mol. The lowest BCUT2D eigenvalue weighted by atomic mass is 10.2. The Balaban J connectivity index is 1.60. The van der Waals surface area contributed by atoms with Crippen molar-refractivity contribution >= 4 is 40.4 Å². The Morgan fingerprint density at radius 1 is 1.00 bits per heavy atom. The standard InChI is InChI=1S/C17H15ClN4S/c18-14-8-4-5-9-15(14)19-17(23)20-16-10-11-22(21-16)12-13-6-2-1-3-7-13/h1-11H,12H2,(H2,19,20,21,23). The van der Waals surface area contributed by atoms with Gasteiger partial charge in [-0.2, -0.15) is 5.10 Å². The van der Waals surface area contributed by atoms with E-state index in [1.165, 1.54) is 5.56 Å². The van der Waals surface area contributed by atoms with E-state index >= 15 is 0 Å². The van der Waals surface area contributed by atoms with Gasteiger partial charge >= 0.3 is 0 Å². The van der Waals surface area contributed by atoms with Gasteiger partial charge in [-0.15, -0.1) is 0 Å². The number of benzene rings is 2. The third-order valence-electron chi connectivity index (χ3n) is 3.19. The summed E-state index contributed by atoms with van der Waals surface area (Å²) in [5, 5.41) is 11.6. The minimum Gasteiger partial charge on any atom is -0.331 e. The summed E-state index contributed by atoms with van der Waals surface area (Å²) in [6, 6.07) is 19.5. The van der Waals surface area contributed by atoms with Gasteiger partial charge in [-0.25, -0.2) is 0 Å². The van der Waals surface area contributed by atoms with Crippen LogP contribution in [0.3, 0.4) is 0 Å². The molecule has 0 fully saturated rings. The number of aromatic nitrogens is 2. The lowest BCUT2D eigenvalue weighted by Gasteiger charge is -2.09. The van der Waals surface area contributed by atoms with Gasteiger partial charge in [-0.1, -0.05) is 54.1 Å². The zero-order valence-corrected chi connectivity index (χ0v) is 13.8. The predicted octanol–water partition coefficient (Wildman–Crippen LogP) is 4.39. The molecule has 3 aromatic rings. The molecule has 0 aliphatic carbocycles. The summed E-state index contributed by atoms with van der Waals surface area (Å²) < 4.78 is 1.86. The van der Waals surface area contributed by atoms with E-state index in [4.69, 9.17) is 23.8 Å². The quantitative estimate of drug-likeness (QED) is 0.690. The van der Waals surface area contributed by atoms with Gasteiger partial charge in [-0.05, 0) is 29.9 Å². The molecule has 0 aliphatic heterocycles. The molecule has 0 atom stereocenters. The van der Waals surface area contributed by atoms with Gasteiger partial charge < -0.3 is 10.6 Å². The maximum Gasteiger partial charge on any atom is 0.176 e. The highest BCUT2D eigenvalue weighted by atomic mass is 35.5. The van der Waals surface area contributed by atoms with Gasteiger partial charge in [0, 0.05) is 12.3 Å². The van der Waals surface area contributed by atoms with Crippen molar-refractivity contribution in [2.75, 3.05) is 10.6 Å². The number of nitrogens with zero attached hydrogens (tertiary/aromatic N) is 2. The van der Waals surface area contributed by atoms with E-state index in [0.717, 1.165) is 5.69 Å². The lowest BCUT2D eigenvalue weighted by molar-refractivity contribution is 0.690. The molecule has 2 N–H and O–H groups in total. The molecule has 116 valence electrons. The van der Waals surface area contributed by atoms with E-state index in [0.29, 0.717) is 22.5 Å². The van der Waals surface area contributed by atoms with Crippen molar-refractivity contribution in [1.29, 1.82) is 0 Å². The Morgan fingerprint density at radius 3 is 2.52 bits per heavy atom. The Kier molecular flexibility index (Phi) is 4.90. The smallest absolute Gasteiger partial charge is 0.176 e. The van der Waals surface area contributed by atoms with Crippen LogP contribution in [0.4, 0.5) is 11.5 Å². The molecule has 0 amide bonds.